The van der Waals surface area contributed by atoms with Crippen LogP contribution in [0.3, 0.4) is 0 Å². The molecule has 1 fully saturated rings. The van der Waals surface area contributed by atoms with Crippen LogP contribution in [-0.2, 0) is 10.9 Å². The summed E-state index contributed by atoms with van der Waals surface area (Å²) in [6, 6.07) is 3.30. The fourth-order valence-electron chi connectivity index (χ4n) is 3.86. The monoisotopic (exact) mass is 448 g/mol. The van der Waals surface area contributed by atoms with Crippen molar-refractivity contribution in [1.29, 1.82) is 0 Å². The molecule has 1 saturated heterocycles. The first-order chi connectivity index (χ1) is 15.3. The molecule has 0 radical (unpaired) electrons. The maximum Gasteiger partial charge on any atom is 0.419 e. The number of carbonyl (C=O) groups is 1. The molecular weight excluding hydrogens is 425 g/mol. The Morgan fingerprint density at radius 2 is 2.12 bits per heavy atom. The number of nitrogens with zero attached hydrogens (tertiary/aromatic N) is 2. The average molecular weight is 448 g/mol. The van der Waals surface area contributed by atoms with Gasteiger partial charge in [0, 0.05) is 41.6 Å². The third-order valence-electron chi connectivity index (χ3n) is 5.52. The molecule has 0 saturated carbocycles. The number of anilines is 2. The standard InChI is InChI=1S/C21H23F3N6O2/c1-11-16(29-20(31)32-2)6-5-13-14(9-26-17(11)13)18-15(21(22,23)24)10-27-19(30-18)28-12-4-3-7-25-8-12/h5-6,9-10,12,25-26H,3-4,7-8H2,1-2H3,(H,29,31)(H,27,28,30)/t12-/m0/s1. The third kappa shape index (κ3) is 4.33. The van der Waals surface area contributed by atoms with Crippen LogP contribution in [0.2, 0.25) is 0 Å². The molecule has 1 aliphatic rings. The lowest BCUT2D eigenvalue weighted by Crippen LogP contribution is -2.38. The molecule has 11 heteroatoms. The summed E-state index contributed by atoms with van der Waals surface area (Å²) in [5.74, 6) is 0.150. The van der Waals surface area contributed by atoms with Crippen molar-refractivity contribution in [2.24, 2.45) is 0 Å². The lowest BCUT2D eigenvalue weighted by molar-refractivity contribution is -0.137. The van der Waals surface area contributed by atoms with Gasteiger partial charge in [0.1, 0.15) is 5.56 Å². The maximum atomic E-state index is 13.8. The molecule has 0 bridgehead atoms. The van der Waals surface area contributed by atoms with Crippen LogP contribution < -0.4 is 16.0 Å². The summed E-state index contributed by atoms with van der Waals surface area (Å²) >= 11 is 0. The number of aromatic amines is 1. The van der Waals surface area contributed by atoms with E-state index < -0.39 is 17.8 Å². The van der Waals surface area contributed by atoms with Crippen molar-refractivity contribution >= 4 is 28.6 Å². The van der Waals surface area contributed by atoms with E-state index in [2.05, 4.69) is 35.6 Å². The van der Waals surface area contributed by atoms with E-state index in [1.54, 1.807) is 19.1 Å². The SMILES string of the molecule is COC(=O)Nc1ccc2c(-c3nc(N[C@H]4CCCNC4)ncc3C(F)(F)F)c[nH]c2c1C. The summed E-state index contributed by atoms with van der Waals surface area (Å²) in [7, 11) is 1.25. The van der Waals surface area contributed by atoms with E-state index in [0.717, 1.165) is 25.6 Å². The molecule has 1 amide bonds. The number of nitrogens with one attached hydrogen (secondary N) is 4. The van der Waals surface area contributed by atoms with Crippen molar-refractivity contribution in [3.63, 3.8) is 0 Å². The predicted octanol–water partition coefficient (Wildman–Crippen LogP) is 4.29. The molecule has 1 atom stereocenters. The molecule has 32 heavy (non-hydrogen) atoms. The van der Waals surface area contributed by atoms with E-state index >= 15 is 0 Å². The van der Waals surface area contributed by atoms with E-state index in [9.17, 15) is 18.0 Å². The van der Waals surface area contributed by atoms with Crippen LogP contribution in [0, 0.1) is 6.92 Å². The van der Waals surface area contributed by atoms with Crippen molar-refractivity contribution in [3.8, 4) is 11.3 Å². The smallest absolute Gasteiger partial charge is 0.419 e. The van der Waals surface area contributed by atoms with Crippen LogP contribution in [0.25, 0.3) is 22.2 Å². The number of carbonyl (C=O) groups excluding carboxylic acids is 1. The van der Waals surface area contributed by atoms with Gasteiger partial charge in [-0.25, -0.2) is 14.8 Å². The van der Waals surface area contributed by atoms with Gasteiger partial charge in [-0.05, 0) is 37.9 Å². The minimum atomic E-state index is -4.62. The highest BCUT2D eigenvalue weighted by Gasteiger charge is 2.36. The number of aryl methyl sites for hydroxylation is 1. The maximum absolute atomic E-state index is 13.8. The zero-order valence-electron chi connectivity index (χ0n) is 17.6. The van der Waals surface area contributed by atoms with Gasteiger partial charge in [0.15, 0.2) is 0 Å². The first-order valence-electron chi connectivity index (χ1n) is 10.2. The van der Waals surface area contributed by atoms with E-state index in [4.69, 9.17) is 0 Å². The number of benzene rings is 1. The first kappa shape index (κ1) is 21.9. The number of halogens is 3. The van der Waals surface area contributed by atoms with Crippen LogP contribution in [0.1, 0.15) is 24.0 Å². The van der Waals surface area contributed by atoms with Gasteiger partial charge in [0.05, 0.1) is 18.3 Å². The minimum absolute atomic E-state index is 0.0468. The molecule has 0 unspecified atom stereocenters. The third-order valence-corrected chi connectivity index (χ3v) is 5.52. The van der Waals surface area contributed by atoms with Crippen molar-refractivity contribution < 1.29 is 22.7 Å². The Bertz CT molecular complexity index is 1140. The molecule has 3 heterocycles. The second kappa shape index (κ2) is 8.65. The van der Waals surface area contributed by atoms with Gasteiger partial charge >= 0.3 is 12.3 Å². The molecule has 8 nitrogen and oxygen atoms in total. The average Bonchev–Trinajstić information content (AvgIpc) is 3.20. The van der Waals surface area contributed by atoms with Crippen molar-refractivity contribution in [3.05, 3.63) is 35.7 Å². The quantitative estimate of drug-likeness (QED) is 0.475. The summed E-state index contributed by atoms with van der Waals surface area (Å²) in [4.78, 5) is 22.8. The Balaban J connectivity index is 1.77. The summed E-state index contributed by atoms with van der Waals surface area (Å²) in [6.07, 6.45) is -1.10. The highest BCUT2D eigenvalue weighted by atomic mass is 19.4. The van der Waals surface area contributed by atoms with Crippen molar-refractivity contribution in [2.75, 3.05) is 30.8 Å². The Morgan fingerprint density at radius 3 is 2.81 bits per heavy atom. The highest BCUT2D eigenvalue weighted by Crippen LogP contribution is 2.40. The molecule has 170 valence electrons. The fourth-order valence-corrected chi connectivity index (χ4v) is 3.86. The largest absolute Gasteiger partial charge is 0.453 e. The number of amides is 1. The minimum Gasteiger partial charge on any atom is -0.453 e. The zero-order valence-corrected chi connectivity index (χ0v) is 17.6. The lowest BCUT2D eigenvalue weighted by Gasteiger charge is -2.24. The van der Waals surface area contributed by atoms with Gasteiger partial charge in [-0.3, -0.25) is 5.32 Å². The van der Waals surface area contributed by atoms with Crippen molar-refractivity contribution in [1.82, 2.24) is 20.3 Å². The van der Waals surface area contributed by atoms with Gasteiger partial charge in [-0.1, -0.05) is 6.07 Å². The summed E-state index contributed by atoms with van der Waals surface area (Å²) in [5.41, 5.74) is 0.911. The van der Waals surface area contributed by atoms with Crippen LogP contribution >= 0.6 is 0 Å². The van der Waals surface area contributed by atoms with E-state index in [-0.39, 0.29) is 17.7 Å². The van der Waals surface area contributed by atoms with Crippen LogP contribution in [-0.4, -0.2) is 47.3 Å². The molecule has 0 spiro atoms. The number of aromatic nitrogens is 3. The molecule has 4 N–H and O–H groups in total. The van der Waals surface area contributed by atoms with E-state index in [1.165, 1.54) is 13.3 Å². The molecule has 0 aliphatic carbocycles. The van der Waals surface area contributed by atoms with E-state index in [1.807, 2.05) is 0 Å². The van der Waals surface area contributed by atoms with Gasteiger partial charge in [0.2, 0.25) is 5.95 Å². The normalized spacial score (nSPS) is 16.7. The zero-order chi connectivity index (χ0) is 22.9. The second-order valence-electron chi connectivity index (χ2n) is 7.62. The number of methoxy groups -OCH3 is 1. The molecular formula is C21H23F3N6O2. The second-order valence-corrected chi connectivity index (χ2v) is 7.62. The molecule has 4 rings (SSSR count). The number of piperidine rings is 1. The van der Waals surface area contributed by atoms with Crippen LogP contribution in [0.15, 0.2) is 24.5 Å². The number of ether oxygens (including phenoxy) is 1. The number of fused-ring (bicyclic) bond motifs is 1. The molecule has 3 aromatic rings. The van der Waals surface area contributed by atoms with Crippen LogP contribution in [0.4, 0.5) is 29.6 Å². The van der Waals surface area contributed by atoms with Crippen molar-refractivity contribution in [2.45, 2.75) is 32.0 Å². The Hall–Kier alpha value is -3.34. The number of rotatable bonds is 4. The molecule has 1 aromatic carbocycles. The van der Waals surface area contributed by atoms with Gasteiger partial charge in [-0.2, -0.15) is 13.2 Å². The summed E-state index contributed by atoms with van der Waals surface area (Å²) < 4.78 is 45.9. The molecule has 1 aliphatic heterocycles. The number of hydrogen-bond acceptors (Lipinski definition) is 6. The van der Waals surface area contributed by atoms with E-state index in [0.29, 0.717) is 34.3 Å². The fraction of sp³-hybridized carbons (Fsp3) is 0.381. The first-order valence-corrected chi connectivity index (χ1v) is 10.2. The summed E-state index contributed by atoms with van der Waals surface area (Å²) in [6.45, 7) is 3.36. The number of hydrogen-bond donors (Lipinski definition) is 4. The van der Waals surface area contributed by atoms with Crippen LogP contribution in [0.5, 0.6) is 0 Å². The Morgan fingerprint density at radius 1 is 1.31 bits per heavy atom. The van der Waals surface area contributed by atoms with Gasteiger partial charge in [-0.15, -0.1) is 0 Å². The molecule has 2 aromatic heterocycles. The highest BCUT2D eigenvalue weighted by molar-refractivity contribution is 6.00. The van der Waals surface area contributed by atoms with Gasteiger partial charge in [0.25, 0.3) is 0 Å². The Labute approximate surface area is 182 Å². The summed E-state index contributed by atoms with van der Waals surface area (Å²) in [5, 5.41) is 9.52. The lowest BCUT2D eigenvalue weighted by atomic mass is 10.0. The topological polar surface area (TPSA) is 104 Å². The predicted molar refractivity (Wildman–Crippen MR) is 115 cm³/mol. The number of H-pyrrole nitrogens is 1. The van der Waals surface area contributed by atoms with Gasteiger partial charge < -0.3 is 20.4 Å². The number of alkyl halides is 3. The Kier molecular flexibility index (Phi) is 5.92.